The zero-order valence-corrected chi connectivity index (χ0v) is 12.8. The van der Waals surface area contributed by atoms with Crippen LogP contribution in [0.25, 0.3) is 0 Å². The normalized spacial score (nSPS) is 11.1. The van der Waals surface area contributed by atoms with E-state index in [1.807, 2.05) is 40.8 Å². The number of carbonyl (C=O) groups is 1. The van der Waals surface area contributed by atoms with Crippen LogP contribution in [0.3, 0.4) is 0 Å². The molecule has 1 N–H and O–H groups in total. The molecule has 0 spiro atoms. The first-order valence-corrected chi connectivity index (χ1v) is 6.96. The Bertz CT molecular complexity index is 410. The van der Waals surface area contributed by atoms with Crippen molar-refractivity contribution in [3.8, 4) is 5.75 Å². The number of methoxy groups -OCH3 is 1. The van der Waals surface area contributed by atoms with Crippen LogP contribution in [0.2, 0.25) is 0 Å². The van der Waals surface area contributed by atoms with Gasteiger partial charge in [-0.05, 0) is 17.0 Å². The van der Waals surface area contributed by atoms with Gasteiger partial charge < -0.3 is 10.1 Å². The van der Waals surface area contributed by atoms with Gasteiger partial charge in [0.2, 0.25) is 5.91 Å². The number of benzene rings is 1. The third kappa shape index (κ3) is 3.59. The van der Waals surface area contributed by atoms with Gasteiger partial charge in [-0.2, -0.15) is 0 Å². The van der Waals surface area contributed by atoms with Gasteiger partial charge in [-0.1, -0.05) is 55.5 Å². The maximum atomic E-state index is 11.6. The molecule has 0 heterocycles. The highest BCUT2D eigenvalue weighted by Crippen LogP contribution is 2.36. The van der Waals surface area contributed by atoms with E-state index >= 15 is 0 Å². The Balaban J connectivity index is 3.26. The standard InChI is InChI=1S/C13H18INO2/c1-13(2,3)9-6-5-7-10(17-4)12(9)15-11(16)8-14/h5-7H,8H2,1-4H3,(H,15,16). The van der Waals surface area contributed by atoms with Crippen molar-refractivity contribution in [2.24, 2.45) is 0 Å². The lowest BCUT2D eigenvalue weighted by Crippen LogP contribution is -2.19. The molecule has 0 saturated heterocycles. The average Bonchev–Trinajstić information content (AvgIpc) is 2.27. The summed E-state index contributed by atoms with van der Waals surface area (Å²) in [6.07, 6.45) is 0. The van der Waals surface area contributed by atoms with Crippen LogP contribution in [0.4, 0.5) is 5.69 Å². The molecule has 0 unspecified atom stereocenters. The highest BCUT2D eigenvalue weighted by atomic mass is 127. The van der Waals surface area contributed by atoms with Crippen molar-refractivity contribution in [3.05, 3.63) is 23.8 Å². The number of nitrogens with one attached hydrogen (secondary N) is 1. The minimum absolute atomic E-state index is 0.0133. The van der Waals surface area contributed by atoms with E-state index in [0.29, 0.717) is 10.2 Å². The number of ether oxygens (including phenoxy) is 1. The molecule has 0 aliphatic rings. The largest absolute Gasteiger partial charge is 0.495 e. The van der Waals surface area contributed by atoms with E-state index in [1.54, 1.807) is 7.11 Å². The Kier molecular flexibility index (Phi) is 4.80. The van der Waals surface area contributed by atoms with Gasteiger partial charge >= 0.3 is 0 Å². The number of halogens is 1. The van der Waals surface area contributed by atoms with Crippen LogP contribution in [0.1, 0.15) is 26.3 Å². The SMILES string of the molecule is COc1cccc(C(C)(C)C)c1NC(=O)CI. The molecule has 3 nitrogen and oxygen atoms in total. The first-order valence-electron chi connectivity index (χ1n) is 5.43. The zero-order valence-electron chi connectivity index (χ0n) is 10.6. The monoisotopic (exact) mass is 347 g/mol. The number of amides is 1. The van der Waals surface area contributed by atoms with Crippen LogP contribution in [0.15, 0.2) is 18.2 Å². The number of carbonyl (C=O) groups excluding carboxylic acids is 1. The highest BCUT2D eigenvalue weighted by molar-refractivity contribution is 14.1. The predicted molar refractivity (Wildman–Crippen MR) is 79.2 cm³/mol. The summed E-state index contributed by atoms with van der Waals surface area (Å²) >= 11 is 2.04. The third-order valence-corrected chi connectivity index (χ3v) is 3.13. The maximum Gasteiger partial charge on any atom is 0.234 e. The Hall–Kier alpha value is -0.780. The van der Waals surface area contributed by atoms with Gasteiger partial charge in [0.25, 0.3) is 0 Å². The van der Waals surface area contributed by atoms with E-state index < -0.39 is 0 Å². The Labute approximate surface area is 116 Å². The molecule has 0 fully saturated rings. The number of hydrogen-bond donors (Lipinski definition) is 1. The number of alkyl halides is 1. The summed E-state index contributed by atoms with van der Waals surface area (Å²) in [5.74, 6) is 0.691. The second-order valence-corrected chi connectivity index (χ2v) is 5.58. The summed E-state index contributed by atoms with van der Waals surface area (Å²) < 4.78 is 5.74. The van der Waals surface area contributed by atoms with Crippen molar-refractivity contribution in [2.45, 2.75) is 26.2 Å². The van der Waals surface area contributed by atoms with E-state index in [9.17, 15) is 4.79 Å². The van der Waals surface area contributed by atoms with E-state index in [4.69, 9.17) is 4.74 Å². The molecule has 0 atom stereocenters. The van der Waals surface area contributed by atoms with E-state index in [-0.39, 0.29) is 11.3 Å². The van der Waals surface area contributed by atoms with Gasteiger partial charge in [0.1, 0.15) is 5.75 Å². The average molecular weight is 347 g/mol. The summed E-state index contributed by atoms with van der Waals surface area (Å²) in [7, 11) is 1.61. The van der Waals surface area contributed by atoms with Gasteiger partial charge in [-0.15, -0.1) is 0 Å². The number of anilines is 1. The summed E-state index contributed by atoms with van der Waals surface area (Å²) in [4.78, 5) is 11.6. The summed E-state index contributed by atoms with van der Waals surface area (Å²) in [5.41, 5.74) is 1.82. The van der Waals surface area contributed by atoms with Crippen LogP contribution < -0.4 is 10.1 Å². The molecule has 0 aromatic heterocycles. The Morgan fingerprint density at radius 3 is 2.53 bits per heavy atom. The molecule has 17 heavy (non-hydrogen) atoms. The fraction of sp³-hybridized carbons (Fsp3) is 0.462. The summed E-state index contributed by atoms with van der Waals surface area (Å²) in [6.45, 7) is 6.34. The topological polar surface area (TPSA) is 38.3 Å². The van der Waals surface area contributed by atoms with Gasteiger partial charge in [0.15, 0.2) is 0 Å². The van der Waals surface area contributed by atoms with Crippen LogP contribution >= 0.6 is 22.6 Å². The molecular formula is C13H18INO2. The second kappa shape index (κ2) is 5.71. The van der Waals surface area contributed by atoms with Crippen molar-refractivity contribution in [1.82, 2.24) is 0 Å². The lowest BCUT2D eigenvalue weighted by atomic mass is 9.85. The zero-order chi connectivity index (χ0) is 13.1. The second-order valence-electron chi connectivity index (χ2n) is 4.81. The summed E-state index contributed by atoms with van der Waals surface area (Å²) in [5, 5.41) is 2.91. The number of para-hydroxylation sites is 1. The van der Waals surface area contributed by atoms with E-state index in [1.165, 1.54) is 0 Å². The van der Waals surface area contributed by atoms with Gasteiger partial charge in [-0.25, -0.2) is 0 Å². The lowest BCUT2D eigenvalue weighted by molar-refractivity contribution is -0.113. The molecule has 1 rings (SSSR count). The highest BCUT2D eigenvalue weighted by Gasteiger charge is 2.21. The first-order chi connectivity index (χ1) is 7.90. The molecule has 0 radical (unpaired) electrons. The van der Waals surface area contributed by atoms with Gasteiger partial charge in [-0.3, -0.25) is 4.79 Å². The van der Waals surface area contributed by atoms with E-state index in [0.717, 1.165) is 11.3 Å². The van der Waals surface area contributed by atoms with Crippen LogP contribution in [0, 0.1) is 0 Å². The molecule has 1 amide bonds. The van der Waals surface area contributed by atoms with Gasteiger partial charge in [0.05, 0.1) is 17.2 Å². The van der Waals surface area contributed by atoms with Crippen LogP contribution in [0.5, 0.6) is 5.75 Å². The molecule has 1 aromatic rings. The summed E-state index contributed by atoms with van der Waals surface area (Å²) in [6, 6.07) is 5.82. The first kappa shape index (κ1) is 14.3. The van der Waals surface area contributed by atoms with Crippen LogP contribution in [-0.4, -0.2) is 17.4 Å². The molecule has 94 valence electrons. The lowest BCUT2D eigenvalue weighted by Gasteiger charge is -2.24. The predicted octanol–water partition coefficient (Wildman–Crippen LogP) is 3.37. The fourth-order valence-electron chi connectivity index (χ4n) is 1.63. The van der Waals surface area contributed by atoms with Crippen molar-refractivity contribution < 1.29 is 9.53 Å². The smallest absolute Gasteiger partial charge is 0.234 e. The maximum absolute atomic E-state index is 11.6. The number of hydrogen-bond acceptors (Lipinski definition) is 2. The minimum atomic E-state index is -0.0393. The Morgan fingerprint density at radius 1 is 1.41 bits per heavy atom. The quantitative estimate of drug-likeness (QED) is 0.673. The number of rotatable bonds is 3. The van der Waals surface area contributed by atoms with Gasteiger partial charge in [0, 0.05) is 0 Å². The fourth-order valence-corrected chi connectivity index (χ4v) is 1.82. The molecular weight excluding hydrogens is 329 g/mol. The van der Waals surface area contributed by atoms with Crippen LogP contribution in [-0.2, 0) is 10.2 Å². The third-order valence-electron chi connectivity index (χ3n) is 2.44. The molecule has 1 aromatic carbocycles. The minimum Gasteiger partial charge on any atom is -0.495 e. The van der Waals surface area contributed by atoms with Crippen molar-refractivity contribution in [1.29, 1.82) is 0 Å². The van der Waals surface area contributed by atoms with Crippen molar-refractivity contribution in [2.75, 3.05) is 16.9 Å². The van der Waals surface area contributed by atoms with E-state index in [2.05, 4.69) is 26.1 Å². The molecule has 0 saturated carbocycles. The molecule has 0 aliphatic carbocycles. The molecule has 4 heteroatoms. The van der Waals surface area contributed by atoms with Crippen molar-refractivity contribution in [3.63, 3.8) is 0 Å². The van der Waals surface area contributed by atoms with Crippen molar-refractivity contribution >= 4 is 34.2 Å². The molecule has 0 bridgehead atoms. The molecule has 0 aliphatic heterocycles. The Morgan fingerprint density at radius 2 is 2.06 bits per heavy atom.